The standard InChI is InChI=1S/C29H48O2/c1-7-20(18(2)3)9-8-19(4)23-12-13-24-27-25(14-15-28(23,24)5)29(6)17-22(30)11-10-21(29)16-26(27)31/h16,18-20,22-25,27,30H,7-15,17H2,1-6H3/t19-,20-,22?,23-,24+,25+,27-,28-,29-/m1/s1. The second kappa shape index (κ2) is 8.62. The molecule has 0 aromatic carbocycles. The molecule has 1 N–H and O–H groups in total. The van der Waals surface area contributed by atoms with E-state index in [4.69, 9.17) is 0 Å². The van der Waals surface area contributed by atoms with E-state index in [-0.39, 0.29) is 17.4 Å². The minimum absolute atomic E-state index is 0.0485. The van der Waals surface area contributed by atoms with Crippen molar-refractivity contribution in [3.63, 3.8) is 0 Å². The molecule has 0 spiro atoms. The second-order valence-corrected chi connectivity index (χ2v) is 12.8. The fourth-order valence-corrected chi connectivity index (χ4v) is 9.14. The van der Waals surface area contributed by atoms with Crippen LogP contribution in [0.3, 0.4) is 0 Å². The van der Waals surface area contributed by atoms with Crippen molar-refractivity contribution in [2.45, 2.75) is 112 Å². The van der Waals surface area contributed by atoms with Crippen LogP contribution in [-0.2, 0) is 4.79 Å². The van der Waals surface area contributed by atoms with Crippen LogP contribution in [0.4, 0.5) is 0 Å². The maximum atomic E-state index is 13.5. The molecule has 1 unspecified atom stereocenters. The summed E-state index contributed by atoms with van der Waals surface area (Å²) in [5.41, 5.74) is 1.73. The van der Waals surface area contributed by atoms with Crippen molar-refractivity contribution in [3.8, 4) is 0 Å². The third-order valence-corrected chi connectivity index (χ3v) is 11.1. The Kier molecular flexibility index (Phi) is 6.54. The lowest BCUT2D eigenvalue weighted by Crippen LogP contribution is -2.54. The summed E-state index contributed by atoms with van der Waals surface area (Å²) in [5, 5.41) is 10.5. The summed E-state index contributed by atoms with van der Waals surface area (Å²) in [6, 6.07) is 0. The molecule has 2 nitrogen and oxygen atoms in total. The lowest BCUT2D eigenvalue weighted by Gasteiger charge is -2.57. The Balaban J connectivity index is 1.53. The van der Waals surface area contributed by atoms with Gasteiger partial charge in [-0.15, -0.1) is 0 Å². The first kappa shape index (κ1) is 23.5. The van der Waals surface area contributed by atoms with Crippen LogP contribution >= 0.6 is 0 Å². The van der Waals surface area contributed by atoms with Crippen LogP contribution in [-0.4, -0.2) is 17.0 Å². The van der Waals surface area contributed by atoms with Gasteiger partial charge in [0.05, 0.1) is 6.10 Å². The van der Waals surface area contributed by atoms with Gasteiger partial charge in [-0.05, 0) is 104 Å². The highest BCUT2D eigenvalue weighted by atomic mass is 16.3. The highest BCUT2D eigenvalue weighted by Crippen LogP contribution is 2.66. The number of carbonyl (C=O) groups is 1. The zero-order valence-corrected chi connectivity index (χ0v) is 21.1. The summed E-state index contributed by atoms with van der Waals surface area (Å²) < 4.78 is 0. The lowest BCUT2D eigenvalue weighted by molar-refractivity contribution is -0.136. The predicted molar refractivity (Wildman–Crippen MR) is 129 cm³/mol. The molecule has 0 radical (unpaired) electrons. The van der Waals surface area contributed by atoms with Gasteiger partial charge < -0.3 is 5.11 Å². The Labute approximate surface area is 191 Å². The van der Waals surface area contributed by atoms with Crippen molar-refractivity contribution in [2.24, 2.45) is 52.3 Å². The number of aliphatic hydroxyl groups excluding tert-OH is 1. The molecule has 2 heteroatoms. The highest BCUT2D eigenvalue weighted by molar-refractivity contribution is 5.94. The highest BCUT2D eigenvalue weighted by Gasteiger charge is 2.61. The molecule has 4 aliphatic rings. The molecule has 0 saturated heterocycles. The number of hydrogen-bond acceptors (Lipinski definition) is 2. The molecule has 0 amide bonds. The molecule has 0 aromatic rings. The maximum Gasteiger partial charge on any atom is 0.159 e. The summed E-state index contributed by atoms with van der Waals surface area (Å²) in [4.78, 5) is 13.5. The van der Waals surface area contributed by atoms with Gasteiger partial charge in [-0.1, -0.05) is 60.0 Å². The van der Waals surface area contributed by atoms with Gasteiger partial charge in [0.1, 0.15) is 0 Å². The van der Waals surface area contributed by atoms with Crippen molar-refractivity contribution in [1.29, 1.82) is 0 Å². The Bertz CT molecular complexity index is 708. The zero-order chi connectivity index (χ0) is 22.6. The van der Waals surface area contributed by atoms with E-state index in [9.17, 15) is 9.90 Å². The van der Waals surface area contributed by atoms with Crippen LogP contribution in [0.15, 0.2) is 11.6 Å². The Hall–Kier alpha value is -0.630. The van der Waals surface area contributed by atoms with Crippen molar-refractivity contribution in [3.05, 3.63) is 11.6 Å². The smallest absolute Gasteiger partial charge is 0.159 e. The molecule has 0 heterocycles. The van der Waals surface area contributed by atoms with Crippen LogP contribution in [0.5, 0.6) is 0 Å². The number of aliphatic hydroxyl groups is 1. The van der Waals surface area contributed by atoms with Crippen LogP contribution in [0, 0.1) is 52.3 Å². The van der Waals surface area contributed by atoms with Gasteiger partial charge in [0.15, 0.2) is 5.78 Å². The van der Waals surface area contributed by atoms with Crippen molar-refractivity contribution in [2.75, 3.05) is 0 Å². The van der Waals surface area contributed by atoms with E-state index in [1.54, 1.807) is 0 Å². The molecule has 0 bridgehead atoms. The summed E-state index contributed by atoms with van der Waals surface area (Å²) in [7, 11) is 0. The normalized spacial score (nSPS) is 44.3. The predicted octanol–water partition coefficient (Wildman–Crippen LogP) is 7.20. The monoisotopic (exact) mass is 428 g/mol. The molecule has 0 aromatic heterocycles. The van der Waals surface area contributed by atoms with Crippen LogP contribution in [0.2, 0.25) is 0 Å². The van der Waals surface area contributed by atoms with Crippen molar-refractivity contribution in [1.82, 2.24) is 0 Å². The third kappa shape index (κ3) is 3.87. The second-order valence-electron chi connectivity index (χ2n) is 12.8. The zero-order valence-electron chi connectivity index (χ0n) is 21.1. The first-order chi connectivity index (χ1) is 14.6. The lowest BCUT2D eigenvalue weighted by atomic mass is 9.46. The van der Waals surface area contributed by atoms with E-state index < -0.39 is 0 Å². The average molecular weight is 429 g/mol. The summed E-state index contributed by atoms with van der Waals surface area (Å²) in [6.07, 6.45) is 13.5. The van der Waals surface area contributed by atoms with Gasteiger partial charge >= 0.3 is 0 Å². The van der Waals surface area contributed by atoms with E-state index in [2.05, 4.69) is 41.5 Å². The SMILES string of the molecule is CC[C@H](CC[C@@H](C)[C@H]1CC[C@H]2[C@H]3C(=O)C=C4CCC(O)C[C@@]4(C)[C@H]3CC[C@]12C)C(C)C. The molecule has 3 fully saturated rings. The van der Waals surface area contributed by atoms with Gasteiger partial charge in [-0.2, -0.15) is 0 Å². The van der Waals surface area contributed by atoms with E-state index >= 15 is 0 Å². The maximum absolute atomic E-state index is 13.5. The molecule has 31 heavy (non-hydrogen) atoms. The average Bonchev–Trinajstić information content (AvgIpc) is 3.06. The Morgan fingerprint density at radius 1 is 1.06 bits per heavy atom. The fraction of sp³-hybridized carbons (Fsp3) is 0.897. The van der Waals surface area contributed by atoms with Crippen LogP contribution < -0.4 is 0 Å². The first-order valence-corrected chi connectivity index (χ1v) is 13.5. The van der Waals surface area contributed by atoms with Crippen LogP contribution in [0.25, 0.3) is 0 Å². The Morgan fingerprint density at radius 3 is 2.48 bits per heavy atom. The molecule has 0 aliphatic heterocycles. The first-order valence-electron chi connectivity index (χ1n) is 13.5. The molecule has 176 valence electrons. The van der Waals surface area contributed by atoms with E-state index in [1.807, 2.05) is 6.08 Å². The third-order valence-electron chi connectivity index (χ3n) is 11.1. The number of carbonyl (C=O) groups excluding carboxylic acids is 1. The van der Waals surface area contributed by atoms with Gasteiger partial charge in [0.2, 0.25) is 0 Å². The van der Waals surface area contributed by atoms with E-state index in [0.717, 1.165) is 42.9 Å². The Morgan fingerprint density at radius 2 is 1.81 bits per heavy atom. The van der Waals surface area contributed by atoms with Crippen molar-refractivity contribution < 1.29 is 9.90 Å². The number of fused-ring (bicyclic) bond motifs is 5. The number of hydrogen-bond donors (Lipinski definition) is 1. The van der Waals surface area contributed by atoms with Crippen LogP contribution in [0.1, 0.15) is 106 Å². The van der Waals surface area contributed by atoms with Crippen molar-refractivity contribution >= 4 is 5.78 Å². The molecule has 3 saturated carbocycles. The quantitative estimate of drug-likeness (QED) is 0.485. The topological polar surface area (TPSA) is 37.3 Å². The van der Waals surface area contributed by atoms with Gasteiger partial charge in [0.25, 0.3) is 0 Å². The van der Waals surface area contributed by atoms with Gasteiger partial charge in [0, 0.05) is 5.92 Å². The summed E-state index contributed by atoms with van der Waals surface area (Å²) in [6.45, 7) is 14.5. The number of allylic oxidation sites excluding steroid dienone is 2. The molecule has 4 aliphatic carbocycles. The van der Waals surface area contributed by atoms with E-state index in [1.165, 1.54) is 50.5 Å². The molecule has 4 rings (SSSR count). The largest absolute Gasteiger partial charge is 0.393 e. The molecular formula is C29H48O2. The summed E-state index contributed by atoms with van der Waals surface area (Å²) in [5.74, 6) is 4.80. The van der Waals surface area contributed by atoms with Gasteiger partial charge in [-0.25, -0.2) is 0 Å². The van der Waals surface area contributed by atoms with Gasteiger partial charge in [-0.3, -0.25) is 4.79 Å². The van der Waals surface area contributed by atoms with E-state index in [0.29, 0.717) is 23.0 Å². The fourth-order valence-electron chi connectivity index (χ4n) is 9.14. The molecule has 9 atom stereocenters. The number of rotatable bonds is 6. The summed E-state index contributed by atoms with van der Waals surface area (Å²) >= 11 is 0. The number of ketones is 1. The molecular weight excluding hydrogens is 380 g/mol. The minimum Gasteiger partial charge on any atom is -0.393 e. The minimum atomic E-state index is -0.187.